The van der Waals surface area contributed by atoms with Gasteiger partial charge in [-0.1, -0.05) is 36.9 Å². The predicted molar refractivity (Wildman–Crippen MR) is 205 cm³/mol. The molecule has 0 aliphatic heterocycles. The number of aromatic amines is 1. The number of nitrogens with zero attached hydrogens (tertiary/aromatic N) is 3. The Morgan fingerprint density at radius 1 is 0.982 bits per heavy atom. The van der Waals surface area contributed by atoms with Crippen LogP contribution in [-0.4, -0.2) is 62.3 Å². The van der Waals surface area contributed by atoms with Crippen molar-refractivity contribution in [2.75, 3.05) is 24.7 Å². The van der Waals surface area contributed by atoms with Gasteiger partial charge in [-0.15, -0.1) is 11.8 Å². The van der Waals surface area contributed by atoms with Crippen LogP contribution in [0.3, 0.4) is 0 Å². The molecule has 0 radical (unpaired) electrons. The lowest BCUT2D eigenvalue weighted by atomic mass is 9.76. The van der Waals surface area contributed by atoms with E-state index in [1.54, 1.807) is 52.2 Å². The summed E-state index contributed by atoms with van der Waals surface area (Å²) in [7, 11) is 1.57. The Bertz CT molecular complexity index is 2150. The molecule has 0 spiro atoms. The highest BCUT2D eigenvalue weighted by Gasteiger charge is 2.39. The Morgan fingerprint density at radius 2 is 1.75 bits per heavy atom. The van der Waals surface area contributed by atoms with Crippen LogP contribution in [0.15, 0.2) is 67.4 Å². The smallest absolute Gasteiger partial charge is 0.315 e. The van der Waals surface area contributed by atoms with Crippen LogP contribution in [0.4, 0.5) is 17.6 Å². The molecule has 0 bridgehead atoms. The summed E-state index contributed by atoms with van der Waals surface area (Å²) in [6.07, 6.45) is 2.56. The molecule has 14 heteroatoms. The van der Waals surface area contributed by atoms with E-state index in [-0.39, 0.29) is 72.2 Å². The molecular formula is C41H44F4N4O5S. The number of benzene rings is 3. The fourth-order valence-corrected chi connectivity index (χ4v) is 7.11. The van der Waals surface area contributed by atoms with Crippen molar-refractivity contribution in [1.29, 1.82) is 0 Å². The second-order valence-corrected chi connectivity index (χ2v) is 14.3. The van der Waals surface area contributed by atoms with Gasteiger partial charge in [-0.2, -0.15) is 5.10 Å². The zero-order valence-corrected chi connectivity index (χ0v) is 32.0. The zero-order valence-electron chi connectivity index (χ0n) is 31.2. The molecule has 3 aromatic carbocycles. The van der Waals surface area contributed by atoms with Crippen LogP contribution >= 0.6 is 11.8 Å². The summed E-state index contributed by atoms with van der Waals surface area (Å²) in [4.78, 5) is 31.5. The number of fused-ring (bicyclic) bond motifs is 1. The Labute approximate surface area is 321 Å². The number of ether oxygens (including phenoxy) is 3. The third-order valence-electron chi connectivity index (χ3n) is 9.28. The molecule has 0 aliphatic rings. The number of hydrogen-bond donors (Lipinski definition) is 1. The van der Waals surface area contributed by atoms with Gasteiger partial charge in [0, 0.05) is 55.0 Å². The van der Waals surface area contributed by atoms with Gasteiger partial charge < -0.3 is 19.2 Å². The monoisotopic (exact) mass is 780 g/mol. The fourth-order valence-electron chi connectivity index (χ4n) is 6.27. The lowest BCUT2D eigenvalue weighted by Crippen LogP contribution is -2.30. The van der Waals surface area contributed by atoms with Crippen molar-refractivity contribution in [2.24, 2.45) is 7.05 Å². The number of hydrogen-bond acceptors (Lipinski definition) is 8. The number of rotatable bonds is 19. The standard InChI is InChI=1S/C41H44F4N4O5S/c1-6-29-30-16-20-46-34(30)24-33(43)37(29)54-28-13-14-32(42)31(23-28)38-47-39(48-49(38)5)40(4,17-18-41(44,45)19-21-55-25-36(51)53-8-3)27-11-9-10-26(22-27)12-15-35(50)52-7-2/h6,9-11,13-14,16,20,22-24,46H,1,7-8,12,15,17-19,21,25H2,2-5H3. The van der Waals surface area contributed by atoms with Crippen LogP contribution in [-0.2, 0) is 37.9 Å². The van der Waals surface area contributed by atoms with Crippen LogP contribution in [0.2, 0.25) is 0 Å². The number of thioether (sulfide) groups is 1. The van der Waals surface area contributed by atoms with E-state index in [0.29, 0.717) is 28.5 Å². The average molecular weight is 781 g/mol. The Kier molecular flexibility index (Phi) is 13.5. The number of H-pyrrole nitrogens is 1. The van der Waals surface area contributed by atoms with E-state index in [1.807, 2.05) is 12.1 Å². The molecule has 1 unspecified atom stereocenters. The number of alkyl halides is 2. The van der Waals surface area contributed by atoms with Gasteiger partial charge in [-0.3, -0.25) is 9.59 Å². The maximum atomic E-state index is 15.6. The summed E-state index contributed by atoms with van der Waals surface area (Å²) in [5.74, 6) is -4.88. The molecule has 0 aliphatic carbocycles. The summed E-state index contributed by atoms with van der Waals surface area (Å²) in [5.41, 5.74) is 1.19. The Morgan fingerprint density at radius 3 is 2.49 bits per heavy atom. The molecular weight excluding hydrogens is 737 g/mol. The van der Waals surface area contributed by atoms with Crippen LogP contribution in [0.25, 0.3) is 28.4 Å². The third kappa shape index (κ3) is 9.96. The second-order valence-electron chi connectivity index (χ2n) is 13.2. The number of aromatic nitrogens is 4. The number of aryl methyl sites for hydroxylation is 2. The van der Waals surface area contributed by atoms with Gasteiger partial charge in [-0.25, -0.2) is 27.2 Å². The molecule has 5 aromatic rings. The predicted octanol–water partition coefficient (Wildman–Crippen LogP) is 9.58. The van der Waals surface area contributed by atoms with Crippen molar-refractivity contribution in [1.82, 2.24) is 19.7 Å². The SMILES string of the molecule is C=Cc1c(Oc2ccc(F)c(-c3nc(C(C)(CCC(F)(F)CCSCC(=O)OCC)c4cccc(CCC(=O)OCC)c4)nn3C)c2)c(F)cc2[nH]ccc12. The van der Waals surface area contributed by atoms with E-state index in [0.717, 1.165) is 17.3 Å². The van der Waals surface area contributed by atoms with Crippen LogP contribution in [0.1, 0.15) is 69.0 Å². The summed E-state index contributed by atoms with van der Waals surface area (Å²) >= 11 is 1.08. The van der Waals surface area contributed by atoms with Crippen LogP contribution in [0.5, 0.6) is 11.5 Å². The lowest BCUT2D eigenvalue weighted by Gasteiger charge is -2.30. The van der Waals surface area contributed by atoms with Gasteiger partial charge in [0.05, 0.1) is 29.9 Å². The van der Waals surface area contributed by atoms with Gasteiger partial charge in [0.1, 0.15) is 11.6 Å². The van der Waals surface area contributed by atoms with Gasteiger partial charge >= 0.3 is 11.9 Å². The molecule has 292 valence electrons. The minimum atomic E-state index is -3.09. The highest BCUT2D eigenvalue weighted by atomic mass is 32.2. The molecule has 5 rings (SSSR count). The first-order valence-electron chi connectivity index (χ1n) is 18.0. The Balaban J connectivity index is 1.47. The van der Waals surface area contributed by atoms with Crippen LogP contribution < -0.4 is 4.74 Å². The quantitative estimate of drug-likeness (QED) is 0.0502. The topological polar surface area (TPSA) is 108 Å². The summed E-state index contributed by atoms with van der Waals surface area (Å²) in [5, 5.41) is 5.34. The second kappa shape index (κ2) is 18.0. The van der Waals surface area contributed by atoms with Crippen LogP contribution in [0, 0.1) is 11.6 Å². The summed E-state index contributed by atoms with van der Waals surface area (Å²) in [6.45, 7) is 9.45. The molecule has 2 aromatic heterocycles. The van der Waals surface area contributed by atoms with E-state index in [4.69, 9.17) is 19.2 Å². The number of esters is 2. The highest BCUT2D eigenvalue weighted by molar-refractivity contribution is 7.99. The zero-order chi connectivity index (χ0) is 39.8. The number of nitrogens with one attached hydrogen (secondary N) is 1. The molecule has 2 heterocycles. The maximum absolute atomic E-state index is 15.6. The Hall–Kier alpha value is -5.11. The van der Waals surface area contributed by atoms with Crippen molar-refractivity contribution >= 4 is 40.7 Å². The normalized spacial score (nSPS) is 12.7. The van der Waals surface area contributed by atoms with Crippen molar-refractivity contribution in [3.63, 3.8) is 0 Å². The van der Waals surface area contributed by atoms with Crippen molar-refractivity contribution < 1.29 is 41.4 Å². The van der Waals surface area contributed by atoms with E-state index < -0.39 is 41.8 Å². The minimum Gasteiger partial charge on any atom is -0.466 e. The largest absolute Gasteiger partial charge is 0.466 e. The molecule has 0 saturated heterocycles. The first-order valence-corrected chi connectivity index (χ1v) is 19.1. The lowest BCUT2D eigenvalue weighted by molar-refractivity contribution is -0.143. The van der Waals surface area contributed by atoms with Crippen molar-refractivity contribution in [3.8, 4) is 22.9 Å². The van der Waals surface area contributed by atoms with Gasteiger partial charge in [0.2, 0.25) is 5.92 Å². The summed E-state index contributed by atoms with van der Waals surface area (Å²) in [6, 6.07) is 14.2. The molecule has 9 nitrogen and oxygen atoms in total. The first-order chi connectivity index (χ1) is 26.3. The van der Waals surface area contributed by atoms with E-state index >= 15 is 17.6 Å². The average Bonchev–Trinajstić information content (AvgIpc) is 3.79. The third-order valence-corrected chi connectivity index (χ3v) is 10.2. The molecule has 0 fully saturated rings. The van der Waals surface area contributed by atoms with Gasteiger partial charge in [-0.05, 0) is 74.8 Å². The molecule has 1 N–H and O–H groups in total. The summed E-state index contributed by atoms with van der Waals surface area (Å²) < 4.78 is 79.1. The van der Waals surface area contributed by atoms with E-state index in [2.05, 4.69) is 16.7 Å². The maximum Gasteiger partial charge on any atom is 0.315 e. The van der Waals surface area contributed by atoms with Gasteiger partial charge in [0.15, 0.2) is 23.2 Å². The van der Waals surface area contributed by atoms with E-state index in [9.17, 15) is 9.59 Å². The number of carbonyl (C=O) groups excluding carboxylic acids is 2. The fraction of sp³-hybridized carbons (Fsp3) is 0.366. The van der Waals surface area contributed by atoms with Crippen molar-refractivity contribution in [2.45, 2.75) is 64.2 Å². The highest BCUT2D eigenvalue weighted by Crippen LogP contribution is 2.41. The molecule has 1 atom stereocenters. The number of carbonyl (C=O) groups is 2. The number of halogens is 4. The first kappa shape index (κ1) is 41.1. The van der Waals surface area contributed by atoms with Gasteiger partial charge in [0.25, 0.3) is 0 Å². The molecule has 0 saturated carbocycles. The van der Waals surface area contributed by atoms with Crippen molar-refractivity contribution in [3.05, 3.63) is 102 Å². The van der Waals surface area contributed by atoms with E-state index in [1.165, 1.54) is 35.0 Å². The molecule has 55 heavy (non-hydrogen) atoms. The molecule has 0 amide bonds. The minimum absolute atomic E-state index is 0.00322.